The number of amides is 1. The first-order valence-corrected chi connectivity index (χ1v) is 10.7. The second-order valence-corrected chi connectivity index (χ2v) is 8.65. The van der Waals surface area contributed by atoms with Crippen molar-refractivity contribution in [1.29, 1.82) is 0 Å². The van der Waals surface area contributed by atoms with Crippen molar-refractivity contribution < 1.29 is 17.9 Å². The SMILES string of the molecule is CCN1CCN(S(=O)(=O)c2cccc(C(=O)NCC3CCCO3)c2)CC1. The summed E-state index contributed by atoms with van der Waals surface area (Å²) in [5.74, 6) is -0.270. The first-order chi connectivity index (χ1) is 12.5. The number of nitrogens with one attached hydrogen (secondary N) is 1. The zero-order valence-electron chi connectivity index (χ0n) is 15.2. The van der Waals surface area contributed by atoms with Crippen LogP contribution >= 0.6 is 0 Å². The van der Waals surface area contributed by atoms with Crippen LogP contribution in [0.25, 0.3) is 0 Å². The number of piperazine rings is 1. The molecule has 0 saturated carbocycles. The van der Waals surface area contributed by atoms with Crippen molar-refractivity contribution in [3.63, 3.8) is 0 Å². The molecule has 0 aromatic heterocycles. The normalized spacial score (nSPS) is 22.4. The molecule has 1 amide bonds. The van der Waals surface area contributed by atoms with Gasteiger partial charge in [-0.1, -0.05) is 13.0 Å². The van der Waals surface area contributed by atoms with E-state index in [4.69, 9.17) is 4.74 Å². The number of sulfonamides is 1. The van der Waals surface area contributed by atoms with E-state index < -0.39 is 10.0 Å². The van der Waals surface area contributed by atoms with Crippen molar-refractivity contribution in [2.45, 2.75) is 30.8 Å². The van der Waals surface area contributed by atoms with Crippen LogP contribution in [0.15, 0.2) is 29.2 Å². The molecule has 0 aliphatic carbocycles. The molecule has 1 N–H and O–H groups in total. The third kappa shape index (κ3) is 4.43. The summed E-state index contributed by atoms with van der Waals surface area (Å²) >= 11 is 0. The van der Waals surface area contributed by atoms with Gasteiger partial charge in [0.25, 0.3) is 5.91 Å². The fraction of sp³-hybridized carbons (Fsp3) is 0.611. The van der Waals surface area contributed by atoms with E-state index in [0.717, 1.165) is 39.1 Å². The van der Waals surface area contributed by atoms with Crippen molar-refractivity contribution in [2.75, 3.05) is 45.9 Å². The van der Waals surface area contributed by atoms with Crippen molar-refractivity contribution in [2.24, 2.45) is 0 Å². The highest BCUT2D eigenvalue weighted by Gasteiger charge is 2.28. The molecule has 26 heavy (non-hydrogen) atoms. The van der Waals surface area contributed by atoms with Crippen LogP contribution in [0.2, 0.25) is 0 Å². The lowest BCUT2D eigenvalue weighted by Crippen LogP contribution is -2.48. The molecule has 1 aromatic rings. The number of carbonyl (C=O) groups is 1. The van der Waals surface area contributed by atoms with Gasteiger partial charge in [-0.25, -0.2) is 8.42 Å². The van der Waals surface area contributed by atoms with Gasteiger partial charge in [0.05, 0.1) is 11.0 Å². The predicted molar refractivity (Wildman–Crippen MR) is 98.6 cm³/mol. The molecule has 0 bridgehead atoms. The van der Waals surface area contributed by atoms with Crippen molar-refractivity contribution in [3.05, 3.63) is 29.8 Å². The van der Waals surface area contributed by atoms with Crippen LogP contribution in [0.1, 0.15) is 30.1 Å². The standard InChI is InChI=1S/C18H27N3O4S/c1-2-20-8-10-21(11-9-20)26(23,24)17-7-3-5-15(13-17)18(22)19-14-16-6-4-12-25-16/h3,5,7,13,16H,2,4,6,8-12,14H2,1H3,(H,19,22). The van der Waals surface area contributed by atoms with E-state index in [1.54, 1.807) is 18.2 Å². The van der Waals surface area contributed by atoms with Gasteiger partial charge in [-0.2, -0.15) is 4.31 Å². The summed E-state index contributed by atoms with van der Waals surface area (Å²) < 4.78 is 32.8. The number of carbonyl (C=O) groups excluding carboxylic acids is 1. The Morgan fingerprint density at radius 3 is 2.69 bits per heavy atom. The van der Waals surface area contributed by atoms with Crippen molar-refractivity contribution in [3.8, 4) is 0 Å². The van der Waals surface area contributed by atoms with Crippen LogP contribution in [0.3, 0.4) is 0 Å². The van der Waals surface area contributed by atoms with Crippen LogP contribution in [-0.4, -0.2) is 75.5 Å². The molecule has 2 aliphatic heterocycles. The molecule has 1 aromatic carbocycles. The summed E-state index contributed by atoms with van der Waals surface area (Å²) in [7, 11) is -3.58. The Morgan fingerprint density at radius 2 is 2.04 bits per heavy atom. The van der Waals surface area contributed by atoms with Crippen LogP contribution < -0.4 is 5.32 Å². The van der Waals surface area contributed by atoms with E-state index >= 15 is 0 Å². The van der Waals surface area contributed by atoms with Gasteiger partial charge in [0, 0.05) is 44.9 Å². The number of hydrogen-bond acceptors (Lipinski definition) is 5. The van der Waals surface area contributed by atoms with Gasteiger partial charge in [-0.05, 0) is 37.6 Å². The summed E-state index contributed by atoms with van der Waals surface area (Å²) in [5.41, 5.74) is 0.358. The van der Waals surface area contributed by atoms with Gasteiger partial charge < -0.3 is 15.0 Å². The minimum absolute atomic E-state index is 0.0562. The molecule has 2 fully saturated rings. The highest BCUT2D eigenvalue weighted by molar-refractivity contribution is 7.89. The summed E-state index contributed by atoms with van der Waals surface area (Å²) in [5, 5.41) is 2.83. The zero-order chi connectivity index (χ0) is 18.6. The minimum Gasteiger partial charge on any atom is -0.376 e. The zero-order valence-corrected chi connectivity index (χ0v) is 16.0. The van der Waals surface area contributed by atoms with Gasteiger partial charge >= 0.3 is 0 Å². The summed E-state index contributed by atoms with van der Waals surface area (Å²) in [6, 6.07) is 6.28. The Hall–Kier alpha value is -1.48. The average molecular weight is 381 g/mol. The van der Waals surface area contributed by atoms with Crippen LogP contribution in [0.5, 0.6) is 0 Å². The summed E-state index contributed by atoms with van der Waals surface area (Å²) in [6.45, 7) is 6.61. The van der Waals surface area contributed by atoms with E-state index in [2.05, 4.69) is 17.1 Å². The number of likely N-dealkylation sites (N-methyl/N-ethyl adjacent to an activating group) is 1. The average Bonchev–Trinajstić information content (AvgIpc) is 3.20. The molecule has 0 spiro atoms. The minimum atomic E-state index is -3.58. The molecule has 2 aliphatic rings. The third-order valence-electron chi connectivity index (χ3n) is 5.03. The fourth-order valence-corrected chi connectivity index (χ4v) is 4.82. The number of ether oxygens (including phenoxy) is 1. The highest BCUT2D eigenvalue weighted by atomic mass is 32.2. The molecule has 1 unspecified atom stereocenters. The molecule has 8 heteroatoms. The smallest absolute Gasteiger partial charge is 0.251 e. The molecular weight excluding hydrogens is 354 g/mol. The van der Waals surface area contributed by atoms with Crippen LogP contribution in [-0.2, 0) is 14.8 Å². The largest absolute Gasteiger partial charge is 0.376 e. The molecule has 3 rings (SSSR count). The number of hydrogen-bond donors (Lipinski definition) is 1. The summed E-state index contributed by atoms with van der Waals surface area (Å²) in [6.07, 6.45) is 2.01. The van der Waals surface area contributed by atoms with Gasteiger partial charge in [0.1, 0.15) is 0 Å². The van der Waals surface area contributed by atoms with Crippen LogP contribution in [0, 0.1) is 0 Å². The molecule has 2 heterocycles. The molecule has 0 radical (unpaired) electrons. The van der Waals surface area contributed by atoms with E-state index in [-0.39, 0.29) is 16.9 Å². The van der Waals surface area contributed by atoms with E-state index in [9.17, 15) is 13.2 Å². The molecule has 2 saturated heterocycles. The highest BCUT2D eigenvalue weighted by Crippen LogP contribution is 2.19. The summed E-state index contributed by atoms with van der Waals surface area (Å²) in [4.78, 5) is 14.8. The number of benzene rings is 1. The fourth-order valence-electron chi connectivity index (χ4n) is 3.35. The van der Waals surface area contributed by atoms with Crippen molar-refractivity contribution >= 4 is 15.9 Å². The second-order valence-electron chi connectivity index (χ2n) is 6.71. The van der Waals surface area contributed by atoms with Crippen molar-refractivity contribution in [1.82, 2.24) is 14.5 Å². The Labute approximate surface area is 155 Å². The Bertz CT molecular complexity index is 724. The maximum absolute atomic E-state index is 12.9. The monoisotopic (exact) mass is 381 g/mol. The van der Waals surface area contributed by atoms with Gasteiger partial charge in [0.15, 0.2) is 0 Å². The van der Waals surface area contributed by atoms with E-state index in [1.165, 1.54) is 10.4 Å². The number of nitrogens with zero attached hydrogens (tertiary/aromatic N) is 2. The number of rotatable bonds is 6. The lowest BCUT2D eigenvalue weighted by Gasteiger charge is -2.33. The molecular formula is C18H27N3O4S. The van der Waals surface area contributed by atoms with E-state index in [1.807, 2.05) is 0 Å². The molecule has 1 atom stereocenters. The molecule has 7 nitrogen and oxygen atoms in total. The second kappa shape index (κ2) is 8.47. The first-order valence-electron chi connectivity index (χ1n) is 9.23. The maximum Gasteiger partial charge on any atom is 0.251 e. The van der Waals surface area contributed by atoms with Gasteiger partial charge in [0.2, 0.25) is 10.0 Å². The van der Waals surface area contributed by atoms with Gasteiger partial charge in [-0.15, -0.1) is 0 Å². The van der Waals surface area contributed by atoms with Crippen LogP contribution in [0.4, 0.5) is 0 Å². The van der Waals surface area contributed by atoms with Gasteiger partial charge in [-0.3, -0.25) is 4.79 Å². The molecule has 144 valence electrons. The third-order valence-corrected chi connectivity index (χ3v) is 6.92. The predicted octanol–water partition coefficient (Wildman–Crippen LogP) is 0.922. The first kappa shape index (κ1) is 19.3. The Kier molecular flexibility index (Phi) is 6.29. The quantitative estimate of drug-likeness (QED) is 0.793. The Balaban J connectivity index is 1.66. The lowest BCUT2D eigenvalue weighted by molar-refractivity contribution is 0.0857. The lowest BCUT2D eigenvalue weighted by atomic mass is 10.2. The van der Waals surface area contributed by atoms with E-state index in [0.29, 0.717) is 25.2 Å². The topological polar surface area (TPSA) is 79.0 Å². The maximum atomic E-state index is 12.9. The Morgan fingerprint density at radius 1 is 1.27 bits per heavy atom.